The molecule has 8 bridgehead atoms. The smallest absolute Gasteiger partial charge is 0.252 e. The van der Waals surface area contributed by atoms with Crippen LogP contribution in [0.3, 0.4) is 0 Å². The fourth-order valence-electron chi connectivity index (χ4n) is 4.64. The Hall–Kier alpha value is -3.91. The van der Waals surface area contributed by atoms with E-state index in [9.17, 15) is 9.59 Å². The van der Waals surface area contributed by atoms with Crippen LogP contribution >= 0.6 is 0 Å². The van der Waals surface area contributed by atoms with Crippen molar-refractivity contribution in [1.29, 1.82) is 0 Å². The molecule has 0 fully saturated rings. The minimum absolute atomic E-state index is 0.0417. The highest BCUT2D eigenvalue weighted by molar-refractivity contribution is 5.94. The Morgan fingerprint density at radius 2 is 2.06 bits per heavy atom. The third-order valence-corrected chi connectivity index (χ3v) is 6.35. The highest BCUT2D eigenvalue weighted by Crippen LogP contribution is 2.38. The second kappa shape index (κ2) is 10.8. The van der Waals surface area contributed by atoms with Crippen LogP contribution in [-0.4, -0.2) is 54.6 Å². The van der Waals surface area contributed by atoms with Crippen molar-refractivity contribution in [2.75, 3.05) is 32.9 Å². The van der Waals surface area contributed by atoms with E-state index >= 15 is 0 Å². The number of rotatable bonds is 3. The predicted molar refractivity (Wildman–Crippen MR) is 133 cm³/mol. The van der Waals surface area contributed by atoms with Gasteiger partial charge in [0.05, 0.1) is 24.4 Å². The van der Waals surface area contributed by atoms with Gasteiger partial charge < -0.3 is 24.4 Å². The maximum atomic E-state index is 13.1. The first-order chi connectivity index (χ1) is 17.6. The maximum Gasteiger partial charge on any atom is 0.252 e. The lowest BCUT2D eigenvalue weighted by Crippen LogP contribution is -2.42. The number of carbonyl (C=O) groups excluding carboxylic acids is 2. The second-order valence-corrected chi connectivity index (χ2v) is 8.78. The Balaban J connectivity index is 1.55. The van der Waals surface area contributed by atoms with Crippen LogP contribution in [-0.2, 0) is 16.0 Å². The molecule has 36 heavy (non-hydrogen) atoms. The van der Waals surface area contributed by atoms with Crippen molar-refractivity contribution < 1.29 is 23.8 Å². The number of nitrogens with zero attached hydrogens (tertiary/aromatic N) is 2. The zero-order valence-corrected chi connectivity index (χ0v) is 20.2. The molecular weight excluding hydrogens is 458 g/mol. The van der Waals surface area contributed by atoms with Gasteiger partial charge in [0.1, 0.15) is 23.9 Å². The van der Waals surface area contributed by atoms with E-state index in [1.807, 2.05) is 54.3 Å². The molecule has 2 amide bonds. The third kappa shape index (κ3) is 5.18. The Kier molecular flexibility index (Phi) is 7.13. The fraction of sp³-hybridized carbons (Fsp3) is 0.321. The lowest BCUT2D eigenvalue weighted by atomic mass is 9.87. The van der Waals surface area contributed by atoms with E-state index in [-0.39, 0.29) is 24.5 Å². The molecule has 3 aliphatic heterocycles. The molecule has 0 aliphatic carbocycles. The van der Waals surface area contributed by atoms with Crippen LogP contribution in [0, 0.1) is 0 Å². The Morgan fingerprint density at radius 1 is 1.14 bits per heavy atom. The van der Waals surface area contributed by atoms with Crippen molar-refractivity contribution in [3.63, 3.8) is 0 Å². The average Bonchev–Trinajstić information content (AvgIpc) is 2.90. The van der Waals surface area contributed by atoms with Gasteiger partial charge in [-0.2, -0.15) is 0 Å². The van der Waals surface area contributed by atoms with Gasteiger partial charge in [-0.3, -0.25) is 14.6 Å². The first-order valence-electron chi connectivity index (χ1n) is 12.3. The molecule has 2 aromatic carbocycles. The Morgan fingerprint density at radius 3 is 2.94 bits per heavy atom. The number of hydrogen-bond acceptors (Lipinski definition) is 6. The van der Waals surface area contributed by atoms with E-state index in [4.69, 9.17) is 14.2 Å². The van der Waals surface area contributed by atoms with Crippen LogP contribution in [0.4, 0.5) is 0 Å². The van der Waals surface area contributed by atoms with Gasteiger partial charge in [-0.1, -0.05) is 18.2 Å². The fourth-order valence-corrected chi connectivity index (χ4v) is 4.64. The van der Waals surface area contributed by atoms with E-state index in [1.165, 1.54) is 6.20 Å². The van der Waals surface area contributed by atoms with Gasteiger partial charge in [-0.05, 0) is 66.8 Å². The van der Waals surface area contributed by atoms with Gasteiger partial charge in [-0.15, -0.1) is 0 Å². The number of amides is 2. The van der Waals surface area contributed by atoms with E-state index in [0.29, 0.717) is 56.2 Å². The standard InChI is InChI=1S/C28H29N3O5/c1-2-34-18-26(32)31-11-9-19-13-23-7-8-25(19)27(31)20-5-3-6-22(14-20)35-12-4-10-30-28(33)21-15-24(36-23)17-29-16-21/h3,5-8,13-17,27H,2,4,9-12,18H2,1H3,(H,30,33). The molecule has 186 valence electrons. The number of hydrogen-bond donors (Lipinski definition) is 1. The van der Waals surface area contributed by atoms with E-state index in [2.05, 4.69) is 10.3 Å². The lowest BCUT2D eigenvalue weighted by Gasteiger charge is -2.38. The van der Waals surface area contributed by atoms with Crippen molar-refractivity contribution in [3.05, 3.63) is 83.2 Å². The number of nitrogens with one attached hydrogen (secondary N) is 1. The summed E-state index contributed by atoms with van der Waals surface area (Å²) in [6.45, 7) is 3.90. The Bertz CT molecular complexity index is 1260. The highest BCUT2D eigenvalue weighted by Gasteiger charge is 2.32. The first-order valence-corrected chi connectivity index (χ1v) is 12.3. The molecule has 8 nitrogen and oxygen atoms in total. The molecule has 1 atom stereocenters. The summed E-state index contributed by atoms with van der Waals surface area (Å²) in [5.41, 5.74) is 3.55. The quantitative estimate of drug-likeness (QED) is 0.603. The molecule has 8 heteroatoms. The van der Waals surface area contributed by atoms with Gasteiger partial charge in [0, 0.05) is 25.9 Å². The normalized spacial score (nSPS) is 17.3. The SMILES string of the molecule is CCOCC(=O)N1CCc2cc3ccc2C1c1cccc(c1)OCCCNC(=O)c1cncc(c1)O3. The molecule has 0 spiro atoms. The monoisotopic (exact) mass is 487 g/mol. The van der Waals surface area contributed by atoms with Crippen LogP contribution in [0.2, 0.25) is 0 Å². The molecule has 0 saturated carbocycles. The summed E-state index contributed by atoms with van der Waals surface area (Å²) < 4.78 is 17.5. The van der Waals surface area contributed by atoms with E-state index in [0.717, 1.165) is 22.4 Å². The number of pyridine rings is 1. The van der Waals surface area contributed by atoms with Gasteiger partial charge in [0.25, 0.3) is 5.91 Å². The topological polar surface area (TPSA) is 90.0 Å². The number of aromatic nitrogens is 1. The lowest BCUT2D eigenvalue weighted by molar-refractivity contribution is -0.138. The summed E-state index contributed by atoms with van der Waals surface area (Å²) in [7, 11) is 0. The van der Waals surface area contributed by atoms with Crippen LogP contribution in [0.5, 0.6) is 17.2 Å². The highest BCUT2D eigenvalue weighted by atomic mass is 16.5. The number of fused-ring (bicyclic) bond motifs is 6. The van der Waals surface area contributed by atoms with Crippen LogP contribution < -0.4 is 14.8 Å². The van der Waals surface area contributed by atoms with Crippen molar-refractivity contribution in [3.8, 4) is 17.2 Å². The van der Waals surface area contributed by atoms with Crippen molar-refractivity contribution in [1.82, 2.24) is 15.2 Å². The van der Waals surface area contributed by atoms with Gasteiger partial charge >= 0.3 is 0 Å². The zero-order chi connectivity index (χ0) is 24.9. The van der Waals surface area contributed by atoms with Crippen molar-refractivity contribution in [2.45, 2.75) is 25.8 Å². The molecule has 4 heterocycles. The summed E-state index contributed by atoms with van der Waals surface area (Å²) in [5, 5.41) is 2.90. The molecule has 0 radical (unpaired) electrons. The number of carbonyl (C=O) groups is 2. The molecule has 1 unspecified atom stereocenters. The van der Waals surface area contributed by atoms with E-state index < -0.39 is 0 Å². The second-order valence-electron chi connectivity index (χ2n) is 8.78. The summed E-state index contributed by atoms with van der Waals surface area (Å²) in [6, 6.07) is 15.2. The van der Waals surface area contributed by atoms with Crippen molar-refractivity contribution >= 4 is 11.8 Å². The molecule has 3 aromatic rings. The first kappa shape index (κ1) is 23.8. The summed E-state index contributed by atoms with van der Waals surface area (Å²) in [4.78, 5) is 31.7. The minimum Gasteiger partial charge on any atom is -0.494 e. The Labute approximate surface area is 210 Å². The molecule has 1 N–H and O–H groups in total. The summed E-state index contributed by atoms with van der Waals surface area (Å²) in [5.74, 6) is 1.61. The van der Waals surface area contributed by atoms with Crippen LogP contribution in [0.25, 0.3) is 0 Å². The van der Waals surface area contributed by atoms with Crippen LogP contribution in [0.15, 0.2) is 60.9 Å². The zero-order valence-electron chi connectivity index (χ0n) is 20.2. The summed E-state index contributed by atoms with van der Waals surface area (Å²) in [6.07, 6.45) is 4.45. The van der Waals surface area contributed by atoms with E-state index in [1.54, 1.807) is 12.3 Å². The third-order valence-electron chi connectivity index (χ3n) is 6.35. The largest absolute Gasteiger partial charge is 0.494 e. The molecule has 3 aliphatic rings. The molecule has 6 rings (SSSR count). The van der Waals surface area contributed by atoms with Gasteiger partial charge in [-0.25, -0.2) is 0 Å². The van der Waals surface area contributed by atoms with Crippen molar-refractivity contribution in [2.24, 2.45) is 0 Å². The molecule has 0 saturated heterocycles. The average molecular weight is 488 g/mol. The minimum atomic E-state index is -0.262. The molecular formula is C28H29N3O5. The molecule has 1 aromatic heterocycles. The predicted octanol–water partition coefficient (Wildman–Crippen LogP) is 3.90. The maximum absolute atomic E-state index is 13.1. The summed E-state index contributed by atoms with van der Waals surface area (Å²) >= 11 is 0. The number of benzene rings is 2. The van der Waals surface area contributed by atoms with Crippen LogP contribution in [0.1, 0.15) is 46.4 Å². The number of ether oxygens (including phenoxy) is 3. The van der Waals surface area contributed by atoms with Gasteiger partial charge in [0.2, 0.25) is 5.91 Å². The van der Waals surface area contributed by atoms with Gasteiger partial charge in [0.15, 0.2) is 0 Å².